The summed E-state index contributed by atoms with van der Waals surface area (Å²) >= 11 is 0. The molecule has 2 aromatic carbocycles. The molecule has 0 radical (unpaired) electrons. The summed E-state index contributed by atoms with van der Waals surface area (Å²) in [4.78, 5) is 23.0. The number of anilines is 1. The van der Waals surface area contributed by atoms with Gasteiger partial charge in [-0.25, -0.2) is 10.2 Å². The van der Waals surface area contributed by atoms with Crippen molar-refractivity contribution < 1.29 is 14.3 Å². The van der Waals surface area contributed by atoms with Gasteiger partial charge in [0.1, 0.15) is 5.75 Å². The summed E-state index contributed by atoms with van der Waals surface area (Å²) in [5, 5.41) is 2.57. The molecule has 0 aliphatic heterocycles. The smallest absolute Gasteiger partial charge is 0.337 e. The second-order valence-electron chi connectivity index (χ2n) is 4.10. The number of hydrogen-bond acceptors (Lipinski definition) is 3. The van der Waals surface area contributed by atoms with Gasteiger partial charge in [0, 0.05) is 5.69 Å². The van der Waals surface area contributed by atoms with Gasteiger partial charge in [-0.2, -0.15) is 0 Å². The first-order valence-electron chi connectivity index (χ1n) is 6.33. The van der Waals surface area contributed by atoms with Crippen molar-refractivity contribution >= 4 is 17.6 Å². The molecule has 3 N–H and O–H groups in total. The van der Waals surface area contributed by atoms with Gasteiger partial charge in [-0.1, -0.05) is 36.4 Å². The summed E-state index contributed by atoms with van der Waals surface area (Å²) in [6.07, 6.45) is 0. The summed E-state index contributed by atoms with van der Waals surface area (Å²) in [5.41, 5.74) is 5.11. The van der Waals surface area contributed by atoms with Crippen molar-refractivity contribution in [1.29, 1.82) is 0 Å². The lowest BCUT2D eigenvalue weighted by Gasteiger charge is -2.09. The SMILES string of the molecule is O=C(COc1ccccc1)NNC(=O)Nc1ccccc1. The molecule has 0 atom stereocenters. The van der Waals surface area contributed by atoms with Crippen LogP contribution in [-0.2, 0) is 4.79 Å². The zero-order valence-electron chi connectivity index (χ0n) is 11.2. The Bertz CT molecular complexity index is 588. The van der Waals surface area contributed by atoms with Gasteiger partial charge in [0.2, 0.25) is 0 Å². The number of rotatable bonds is 4. The fourth-order valence-corrected chi connectivity index (χ4v) is 1.51. The minimum atomic E-state index is -0.533. The predicted octanol–water partition coefficient (Wildman–Crippen LogP) is 1.92. The Balaban J connectivity index is 1.68. The van der Waals surface area contributed by atoms with Crippen LogP contribution >= 0.6 is 0 Å². The first-order valence-corrected chi connectivity index (χ1v) is 6.33. The van der Waals surface area contributed by atoms with E-state index in [-0.39, 0.29) is 6.61 Å². The van der Waals surface area contributed by atoms with Gasteiger partial charge < -0.3 is 10.1 Å². The number of ether oxygens (including phenoxy) is 1. The second kappa shape index (κ2) is 7.54. The van der Waals surface area contributed by atoms with Crippen molar-refractivity contribution in [2.45, 2.75) is 0 Å². The Morgan fingerprint density at radius 1 is 0.857 bits per heavy atom. The van der Waals surface area contributed by atoms with E-state index in [4.69, 9.17) is 4.74 Å². The van der Waals surface area contributed by atoms with E-state index in [1.165, 1.54) is 0 Å². The standard InChI is InChI=1S/C15H15N3O3/c19-14(11-21-13-9-5-2-6-10-13)17-18-15(20)16-12-7-3-1-4-8-12/h1-10H,11H2,(H,17,19)(H2,16,18,20). The van der Waals surface area contributed by atoms with E-state index in [1.807, 2.05) is 12.1 Å². The van der Waals surface area contributed by atoms with Crippen LogP contribution in [0.25, 0.3) is 0 Å². The Hall–Kier alpha value is -3.02. The fourth-order valence-electron chi connectivity index (χ4n) is 1.51. The van der Waals surface area contributed by atoms with Crippen LogP contribution < -0.4 is 20.9 Å². The maximum Gasteiger partial charge on any atom is 0.337 e. The van der Waals surface area contributed by atoms with Crippen LogP contribution in [0.4, 0.5) is 10.5 Å². The van der Waals surface area contributed by atoms with Crippen LogP contribution in [0.2, 0.25) is 0 Å². The second-order valence-corrected chi connectivity index (χ2v) is 4.10. The molecule has 3 amide bonds. The van der Waals surface area contributed by atoms with Crippen LogP contribution in [0.1, 0.15) is 0 Å². The van der Waals surface area contributed by atoms with E-state index in [0.717, 1.165) is 0 Å². The molecule has 2 aromatic rings. The number of amides is 3. The van der Waals surface area contributed by atoms with Crippen molar-refractivity contribution in [2.24, 2.45) is 0 Å². The van der Waals surface area contributed by atoms with E-state index in [0.29, 0.717) is 11.4 Å². The van der Waals surface area contributed by atoms with Crippen molar-refractivity contribution in [2.75, 3.05) is 11.9 Å². The van der Waals surface area contributed by atoms with Crippen molar-refractivity contribution in [3.63, 3.8) is 0 Å². The normalized spacial score (nSPS) is 9.52. The molecule has 0 bridgehead atoms. The van der Waals surface area contributed by atoms with Gasteiger partial charge in [-0.3, -0.25) is 10.2 Å². The lowest BCUT2D eigenvalue weighted by Crippen LogP contribution is -2.45. The Labute approximate surface area is 122 Å². The monoisotopic (exact) mass is 285 g/mol. The number of para-hydroxylation sites is 2. The zero-order valence-corrected chi connectivity index (χ0v) is 11.2. The average molecular weight is 285 g/mol. The minimum Gasteiger partial charge on any atom is -0.484 e. The number of urea groups is 1. The number of carbonyl (C=O) groups is 2. The van der Waals surface area contributed by atoms with Crippen molar-refractivity contribution in [3.05, 3.63) is 60.7 Å². The molecule has 0 aromatic heterocycles. The molecular weight excluding hydrogens is 270 g/mol. The number of carbonyl (C=O) groups excluding carboxylic acids is 2. The number of benzene rings is 2. The van der Waals surface area contributed by atoms with Crippen LogP contribution in [0, 0.1) is 0 Å². The molecule has 2 rings (SSSR count). The highest BCUT2D eigenvalue weighted by atomic mass is 16.5. The maximum atomic E-state index is 11.5. The van der Waals surface area contributed by atoms with Crippen LogP contribution in [-0.4, -0.2) is 18.5 Å². The molecule has 108 valence electrons. The van der Waals surface area contributed by atoms with Crippen LogP contribution in [0.5, 0.6) is 5.75 Å². The van der Waals surface area contributed by atoms with Gasteiger partial charge in [0.25, 0.3) is 5.91 Å². The molecule has 6 heteroatoms. The molecule has 0 spiro atoms. The summed E-state index contributed by atoms with van der Waals surface area (Å²) in [6.45, 7) is -0.185. The van der Waals surface area contributed by atoms with E-state index < -0.39 is 11.9 Å². The third-order valence-electron chi connectivity index (χ3n) is 2.46. The summed E-state index contributed by atoms with van der Waals surface area (Å²) < 4.78 is 5.23. The number of hydrogen-bond donors (Lipinski definition) is 3. The Kier molecular flexibility index (Phi) is 5.17. The average Bonchev–Trinajstić information content (AvgIpc) is 2.53. The topological polar surface area (TPSA) is 79.5 Å². The molecule has 0 saturated heterocycles. The van der Waals surface area contributed by atoms with Gasteiger partial charge in [0.15, 0.2) is 6.61 Å². The molecule has 0 fully saturated rings. The largest absolute Gasteiger partial charge is 0.484 e. The lowest BCUT2D eigenvalue weighted by atomic mass is 10.3. The third kappa shape index (κ3) is 5.23. The quantitative estimate of drug-likeness (QED) is 0.751. The van der Waals surface area contributed by atoms with E-state index in [9.17, 15) is 9.59 Å². The van der Waals surface area contributed by atoms with Crippen LogP contribution in [0.15, 0.2) is 60.7 Å². The molecule has 6 nitrogen and oxygen atoms in total. The van der Waals surface area contributed by atoms with Crippen molar-refractivity contribution in [3.8, 4) is 5.75 Å². The Morgan fingerprint density at radius 2 is 1.48 bits per heavy atom. The van der Waals surface area contributed by atoms with Gasteiger partial charge in [-0.15, -0.1) is 0 Å². The predicted molar refractivity (Wildman–Crippen MR) is 78.7 cm³/mol. The minimum absolute atomic E-state index is 0.185. The van der Waals surface area contributed by atoms with E-state index in [1.54, 1.807) is 48.5 Å². The van der Waals surface area contributed by atoms with Gasteiger partial charge in [0.05, 0.1) is 0 Å². The van der Waals surface area contributed by atoms with Crippen molar-refractivity contribution in [1.82, 2.24) is 10.9 Å². The molecule has 0 aliphatic rings. The molecule has 0 unspecified atom stereocenters. The highest BCUT2D eigenvalue weighted by Gasteiger charge is 2.05. The van der Waals surface area contributed by atoms with Crippen LogP contribution in [0.3, 0.4) is 0 Å². The van der Waals surface area contributed by atoms with E-state index in [2.05, 4.69) is 16.2 Å². The summed E-state index contributed by atoms with van der Waals surface area (Å²) in [5.74, 6) is 0.128. The molecule has 0 heterocycles. The fraction of sp³-hybridized carbons (Fsp3) is 0.0667. The number of nitrogens with one attached hydrogen (secondary N) is 3. The first-order chi connectivity index (χ1) is 10.2. The lowest BCUT2D eigenvalue weighted by molar-refractivity contribution is -0.123. The maximum absolute atomic E-state index is 11.5. The van der Waals surface area contributed by atoms with E-state index >= 15 is 0 Å². The molecule has 0 aliphatic carbocycles. The molecule has 21 heavy (non-hydrogen) atoms. The summed E-state index contributed by atoms with van der Waals surface area (Å²) in [6, 6.07) is 17.3. The molecular formula is C15H15N3O3. The molecule has 0 saturated carbocycles. The zero-order chi connectivity index (χ0) is 14.9. The van der Waals surface area contributed by atoms with Gasteiger partial charge in [-0.05, 0) is 24.3 Å². The third-order valence-corrected chi connectivity index (χ3v) is 2.46. The van der Waals surface area contributed by atoms with Gasteiger partial charge >= 0.3 is 6.03 Å². The highest BCUT2D eigenvalue weighted by molar-refractivity contribution is 5.91. The highest BCUT2D eigenvalue weighted by Crippen LogP contribution is 2.07. The first kappa shape index (κ1) is 14.4. The Morgan fingerprint density at radius 3 is 2.14 bits per heavy atom. The summed E-state index contributed by atoms with van der Waals surface area (Å²) in [7, 11) is 0. The number of hydrazine groups is 1.